The van der Waals surface area contributed by atoms with Crippen LogP contribution in [0.15, 0.2) is 36.4 Å². The lowest BCUT2D eigenvalue weighted by atomic mass is 9.85. The molecule has 2 amide bonds. The van der Waals surface area contributed by atoms with Gasteiger partial charge >= 0.3 is 0 Å². The first kappa shape index (κ1) is 17.9. The molecule has 1 aliphatic rings. The molecule has 138 valence electrons. The Morgan fingerprint density at radius 3 is 2.70 bits per heavy atom. The summed E-state index contributed by atoms with van der Waals surface area (Å²) in [6, 6.07) is 10.8. The van der Waals surface area contributed by atoms with Gasteiger partial charge in [-0.25, -0.2) is 4.98 Å². The van der Waals surface area contributed by atoms with E-state index in [1.807, 2.05) is 19.1 Å². The van der Waals surface area contributed by atoms with E-state index in [1.54, 1.807) is 24.3 Å². The summed E-state index contributed by atoms with van der Waals surface area (Å²) in [5, 5.41) is 6.83. The number of thiazole rings is 1. The van der Waals surface area contributed by atoms with Gasteiger partial charge in [0.05, 0.1) is 20.9 Å². The summed E-state index contributed by atoms with van der Waals surface area (Å²) < 4.78 is 0.849. The minimum Gasteiger partial charge on any atom is -0.320 e. The van der Waals surface area contributed by atoms with Crippen LogP contribution in [0.3, 0.4) is 0 Å². The monoisotopic (exact) mass is 399 g/mol. The number of hydrogen-bond acceptors (Lipinski definition) is 4. The highest BCUT2D eigenvalue weighted by molar-refractivity contribution is 7.22. The fourth-order valence-electron chi connectivity index (χ4n) is 2.97. The average molecular weight is 400 g/mol. The smallest absolute Gasteiger partial charge is 0.255 e. The standard InChI is InChI=1S/C20H18ClN3O2S/c1-11-4-2-7-14(21)17(11)23-19(26)13-8-9-15-16(10-13)27-20(22-15)24-18(25)12-5-3-6-12/h2,4,7-10,12H,3,5-6H2,1H3,(H,23,26)(H,22,24,25). The van der Waals surface area contributed by atoms with Gasteiger partial charge in [0.25, 0.3) is 5.91 Å². The number of carbonyl (C=O) groups is 2. The number of rotatable bonds is 4. The van der Waals surface area contributed by atoms with Crippen LogP contribution in [0.2, 0.25) is 5.02 Å². The van der Waals surface area contributed by atoms with Crippen molar-refractivity contribution >= 4 is 55.8 Å². The number of aromatic nitrogens is 1. The predicted octanol–water partition coefficient (Wildman–Crippen LogP) is 5.25. The van der Waals surface area contributed by atoms with Crippen molar-refractivity contribution in [1.82, 2.24) is 4.98 Å². The third-order valence-electron chi connectivity index (χ3n) is 4.82. The van der Waals surface area contributed by atoms with Crippen molar-refractivity contribution in [3.05, 3.63) is 52.5 Å². The molecule has 1 saturated carbocycles. The van der Waals surface area contributed by atoms with Crippen molar-refractivity contribution in [3.63, 3.8) is 0 Å². The van der Waals surface area contributed by atoms with Gasteiger partial charge in [-0.3, -0.25) is 9.59 Å². The van der Waals surface area contributed by atoms with E-state index in [2.05, 4.69) is 15.6 Å². The Labute approximate surface area is 165 Å². The van der Waals surface area contributed by atoms with Gasteiger partial charge in [-0.1, -0.05) is 41.5 Å². The highest BCUT2D eigenvalue weighted by Crippen LogP contribution is 2.31. The van der Waals surface area contributed by atoms with Gasteiger partial charge < -0.3 is 10.6 Å². The number of aryl methyl sites for hydroxylation is 1. The molecule has 0 unspecified atom stereocenters. The lowest BCUT2D eigenvalue weighted by Gasteiger charge is -2.23. The van der Waals surface area contributed by atoms with E-state index < -0.39 is 0 Å². The largest absolute Gasteiger partial charge is 0.320 e. The molecular weight excluding hydrogens is 382 g/mol. The zero-order chi connectivity index (χ0) is 19.0. The number of hydrogen-bond donors (Lipinski definition) is 2. The third kappa shape index (κ3) is 3.68. The topological polar surface area (TPSA) is 71.1 Å². The van der Waals surface area contributed by atoms with Gasteiger partial charge in [-0.05, 0) is 49.6 Å². The minimum absolute atomic E-state index is 0.0347. The van der Waals surface area contributed by atoms with Gasteiger partial charge in [-0.2, -0.15) is 0 Å². The van der Waals surface area contributed by atoms with E-state index in [9.17, 15) is 9.59 Å². The second-order valence-electron chi connectivity index (χ2n) is 6.70. The maximum atomic E-state index is 12.6. The molecule has 1 aromatic heterocycles. The van der Waals surface area contributed by atoms with Crippen molar-refractivity contribution in [2.75, 3.05) is 10.6 Å². The Morgan fingerprint density at radius 2 is 2.00 bits per heavy atom. The molecule has 27 heavy (non-hydrogen) atoms. The van der Waals surface area contributed by atoms with Crippen LogP contribution in [0, 0.1) is 12.8 Å². The zero-order valence-corrected chi connectivity index (χ0v) is 16.3. The molecule has 1 heterocycles. The van der Waals surface area contributed by atoms with Gasteiger partial charge in [0, 0.05) is 11.5 Å². The molecule has 0 aliphatic heterocycles. The Balaban J connectivity index is 1.54. The van der Waals surface area contributed by atoms with E-state index in [-0.39, 0.29) is 17.7 Å². The summed E-state index contributed by atoms with van der Waals surface area (Å²) in [7, 11) is 0. The molecule has 2 N–H and O–H groups in total. The Bertz CT molecular complexity index is 1020. The quantitative estimate of drug-likeness (QED) is 0.629. The number of halogens is 1. The van der Waals surface area contributed by atoms with Crippen LogP contribution in [-0.2, 0) is 4.79 Å². The molecular formula is C20H18ClN3O2S. The molecule has 1 aliphatic carbocycles. The van der Waals surface area contributed by atoms with Crippen LogP contribution in [0.1, 0.15) is 35.2 Å². The second kappa shape index (κ2) is 7.29. The van der Waals surface area contributed by atoms with Crippen molar-refractivity contribution < 1.29 is 9.59 Å². The summed E-state index contributed by atoms with van der Waals surface area (Å²) in [6.07, 6.45) is 3.01. The summed E-state index contributed by atoms with van der Waals surface area (Å²) in [5.74, 6) is -0.0915. The molecule has 0 bridgehead atoms. The molecule has 1 fully saturated rings. The number of fused-ring (bicyclic) bond motifs is 1. The Kier molecular flexibility index (Phi) is 4.85. The first-order valence-corrected chi connectivity index (χ1v) is 9.98. The van der Waals surface area contributed by atoms with Crippen LogP contribution in [-0.4, -0.2) is 16.8 Å². The van der Waals surface area contributed by atoms with Crippen molar-refractivity contribution in [2.45, 2.75) is 26.2 Å². The number of nitrogens with one attached hydrogen (secondary N) is 2. The summed E-state index contributed by atoms with van der Waals surface area (Å²) in [6.45, 7) is 1.89. The number of para-hydroxylation sites is 1. The molecule has 0 atom stereocenters. The molecule has 7 heteroatoms. The number of amides is 2. The minimum atomic E-state index is -0.235. The van der Waals surface area contributed by atoms with Crippen LogP contribution >= 0.6 is 22.9 Å². The fourth-order valence-corrected chi connectivity index (χ4v) is 4.15. The van der Waals surface area contributed by atoms with Crippen LogP contribution in [0.5, 0.6) is 0 Å². The van der Waals surface area contributed by atoms with E-state index in [0.717, 1.165) is 35.0 Å². The average Bonchev–Trinajstić information content (AvgIpc) is 2.97. The van der Waals surface area contributed by atoms with Gasteiger partial charge in [0.15, 0.2) is 5.13 Å². The van der Waals surface area contributed by atoms with E-state index >= 15 is 0 Å². The normalized spacial score (nSPS) is 14.0. The van der Waals surface area contributed by atoms with Crippen molar-refractivity contribution in [3.8, 4) is 0 Å². The van der Waals surface area contributed by atoms with E-state index in [0.29, 0.717) is 21.4 Å². The fraction of sp³-hybridized carbons (Fsp3) is 0.250. The Hall–Kier alpha value is -2.44. The second-order valence-corrected chi connectivity index (χ2v) is 8.14. The Morgan fingerprint density at radius 1 is 1.19 bits per heavy atom. The molecule has 0 radical (unpaired) electrons. The number of nitrogens with zero attached hydrogens (tertiary/aromatic N) is 1. The molecule has 4 rings (SSSR count). The molecule has 2 aromatic carbocycles. The summed E-state index contributed by atoms with van der Waals surface area (Å²) >= 11 is 7.56. The van der Waals surface area contributed by atoms with Crippen molar-refractivity contribution in [2.24, 2.45) is 5.92 Å². The SMILES string of the molecule is Cc1cccc(Cl)c1NC(=O)c1ccc2nc(NC(=O)C3CCC3)sc2c1. The summed E-state index contributed by atoms with van der Waals surface area (Å²) in [4.78, 5) is 29.2. The lowest BCUT2D eigenvalue weighted by molar-refractivity contribution is -0.122. The molecule has 0 spiro atoms. The summed E-state index contributed by atoms with van der Waals surface area (Å²) in [5.41, 5.74) is 2.79. The van der Waals surface area contributed by atoms with Crippen LogP contribution in [0.25, 0.3) is 10.2 Å². The lowest BCUT2D eigenvalue weighted by Crippen LogP contribution is -2.27. The third-order valence-corrected chi connectivity index (χ3v) is 6.07. The van der Waals surface area contributed by atoms with E-state index in [1.165, 1.54) is 11.3 Å². The highest BCUT2D eigenvalue weighted by atomic mass is 35.5. The maximum absolute atomic E-state index is 12.6. The number of benzene rings is 2. The first-order chi connectivity index (χ1) is 13.0. The first-order valence-electron chi connectivity index (χ1n) is 8.79. The van der Waals surface area contributed by atoms with Gasteiger partial charge in [0.1, 0.15) is 0 Å². The van der Waals surface area contributed by atoms with Crippen molar-refractivity contribution in [1.29, 1.82) is 0 Å². The maximum Gasteiger partial charge on any atom is 0.255 e. The van der Waals surface area contributed by atoms with Crippen LogP contribution in [0.4, 0.5) is 10.8 Å². The van der Waals surface area contributed by atoms with Gasteiger partial charge in [-0.15, -0.1) is 0 Å². The van der Waals surface area contributed by atoms with Crippen LogP contribution < -0.4 is 10.6 Å². The number of carbonyl (C=O) groups excluding carboxylic acids is 2. The molecule has 0 saturated heterocycles. The molecule has 5 nitrogen and oxygen atoms in total. The zero-order valence-electron chi connectivity index (χ0n) is 14.7. The molecule has 3 aromatic rings. The number of anilines is 2. The van der Waals surface area contributed by atoms with Gasteiger partial charge in [0.2, 0.25) is 5.91 Å². The highest BCUT2D eigenvalue weighted by Gasteiger charge is 2.26. The van der Waals surface area contributed by atoms with E-state index in [4.69, 9.17) is 11.6 Å². The predicted molar refractivity (Wildman–Crippen MR) is 110 cm³/mol.